The van der Waals surface area contributed by atoms with Crippen molar-refractivity contribution < 1.29 is 14.2 Å². The SMILES string of the molecule is CCOC(C(C)C)C(O)Cc1cc(F)ccc1Cl. The van der Waals surface area contributed by atoms with Gasteiger partial charge in [0.2, 0.25) is 0 Å². The van der Waals surface area contributed by atoms with Crippen molar-refractivity contribution in [1.29, 1.82) is 0 Å². The van der Waals surface area contributed by atoms with Crippen LogP contribution in [-0.4, -0.2) is 23.9 Å². The molecular formula is C14H20ClFO2. The molecule has 2 atom stereocenters. The molecule has 0 bridgehead atoms. The fourth-order valence-corrected chi connectivity index (χ4v) is 2.18. The summed E-state index contributed by atoms with van der Waals surface area (Å²) in [7, 11) is 0. The third kappa shape index (κ3) is 4.23. The lowest BCUT2D eigenvalue weighted by molar-refractivity contribution is -0.0562. The summed E-state index contributed by atoms with van der Waals surface area (Å²) < 4.78 is 18.7. The number of rotatable bonds is 6. The first-order chi connectivity index (χ1) is 8.45. The van der Waals surface area contributed by atoms with Gasteiger partial charge < -0.3 is 9.84 Å². The van der Waals surface area contributed by atoms with Gasteiger partial charge in [-0.25, -0.2) is 4.39 Å². The van der Waals surface area contributed by atoms with E-state index >= 15 is 0 Å². The molecule has 102 valence electrons. The van der Waals surface area contributed by atoms with Crippen molar-refractivity contribution in [3.63, 3.8) is 0 Å². The van der Waals surface area contributed by atoms with Crippen LogP contribution in [0, 0.1) is 11.7 Å². The van der Waals surface area contributed by atoms with E-state index in [0.29, 0.717) is 23.6 Å². The van der Waals surface area contributed by atoms with E-state index in [2.05, 4.69) is 0 Å². The van der Waals surface area contributed by atoms with Crippen LogP contribution in [0.3, 0.4) is 0 Å². The maximum absolute atomic E-state index is 13.1. The first-order valence-electron chi connectivity index (χ1n) is 6.19. The lowest BCUT2D eigenvalue weighted by Gasteiger charge is -2.26. The van der Waals surface area contributed by atoms with Gasteiger partial charge in [-0.15, -0.1) is 0 Å². The molecule has 0 aromatic heterocycles. The highest BCUT2D eigenvalue weighted by Crippen LogP contribution is 2.22. The summed E-state index contributed by atoms with van der Waals surface area (Å²) in [5, 5.41) is 10.6. The molecule has 1 aromatic rings. The largest absolute Gasteiger partial charge is 0.390 e. The quantitative estimate of drug-likeness (QED) is 0.861. The number of hydrogen-bond acceptors (Lipinski definition) is 2. The highest BCUT2D eigenvalue weighted by Gasteiger charge is 2.24. The van der Waals surface area contributed by atoms with Gasteiger partial charge in [0.15, 0.2) is 0 Å². The molecule has 1 rings (SSSR count). The number of halogens is 2. The molecule has 0 amide bonds. The molecule has 2 unspecified atom stereocenters. The molecule has 1 N–H and O–H groups in total. The second kappa shape index (κ2) is 7.07. The highest BCUT2D eigenvalue weighted by molar-refractivity contribution is 6.31. The normalized spacial score (nSPS) is 14.8. The molecule has 0 aliphatic carbocycles. The summed E-state index contributed by atoms with van der Waals surface area (Å²) in [6.45, 7) is 6.39. The Kier molecular flexibility index (Phi) is 6.06. The van der Waals surface area contributed by atoms with Crippen molar-refractivity contribution in [1.82, 2.24) is 0 Å². The van der Waals surface area contributed by atoms with Crippen molar-refractivity contribution in [3.05, 3.63) is 34.6 Å². The zero-order chi connectivity index (χ0) is 13.7. The van der Waals surface area contributed by atoms with Gasteiger partial charge in [-0.05, 0) is 36.6 Å². The summed E-state index contributed by atoms with van der Waals surface area (Å²) in [6.07, 6.45) is -0.669. The zero-order valence-corrected chi connectivity index (χ0v) is 11.7. The third-order valence-corrected chi connectivity index (χ3v) is 3.20. The van der Waals surface area contributed by atoms with Crippen molar-refractivity contribution in [3.8, 4) is 0 Å². The van der Waals surface area contributed by atoms with Crippen LogP contribution in [0.2, 0.25) is 5.02 Å². The number of ether oxygens (including phenoxy) is 1. The van der Waals surface area contributed by atoms with Crippen molar-refractivity contribution in [2.45, 2.75) is 39.4 Å². The molecule has 2 nitrogen and oxygen atoms in total. The number of benzene rings is 1. The van der Waals surface area contributed by atoms with Gasteiger partial charge in [-0.1, -0.05) is 25.4 Å². The Labute approximate surface area is 113 Å². The minimum Gasteiger partial charge on any atom is -0.390 e. The minimum absolute atomic E-state index is 0.187. The molecule has 0 radical (unpaired) electrons. The van der Waals surface area contributed by atoms with Crippen LogP contribution in [0.15, 0.2) is 18.2 Å². The lowest BCUT2D eigenvalue weighted by atomic mass is 9.96. The fraction of sp³-hybridized carbons (Fsp3) is 0.571. The maximum atomic E-state index is 13.1. The van der Waals surface area contributed by atoms with Gasteiger partial charge in [0.25, 0.3) is 0 Å². The summed E-state index contributed by atoms with van der Waals surface area (Å²) in [5.41, 5.74) is 0.606. The fourth-order valence-electron chi connectivity index (χ4n) is 1.98. The average Bonchev–Trinajstić information content (AvgIpc) is 2.30. The van der Waals surface area contributed by atoms with E-state index in [-0.39, 0.29) is 17.8 Å². The van der Waals surface area contributed by atoms with E-state index in [1.807, 2.05) is 20.8 Å². The standard InChI is InChI=1S/C14H20ClFO2/c1-4-18-14(9(2)3)13(17)8-10-7-11(16)5-6-12(10)15/h5-7,9,13-14,17H,4,8H2,1-3H3. The van der Waals surface area contributed by atoms with Gasteiger partial charge in [0.1, 0.15) is 5.82 Å². The predicted octanol–water partition coefficient (Wildman–Crippen LogP) is 3.44. The Morgan fingerprint density at radius 1 is 1.39 bits per heavy atom. The van der Waals surface area contributed by atoms with Gasteiger partial charge in [0.05, 0.1) is 12.2 Å². The minimum atomic E-state index is -0.691. The highest BCUT2D eigenvalue weighted by atomic mass is 35.5. The Balaban J connectivity index is 2.78. The topological polar surface area (TPSA) is 29.5 Å². The molecule has 4 heteroatoms. The van der Waals surface area contributed by atoms with E-state index in [1.165, 1.54) is 18.2 Å². The monoisotopic (exact) mass is 274 g/mol. The molecule has 0 aliphatic rings. The van der Waals surface area contributed by atoms with Crippen molar-refractivity contribution in [2.75, 3.05) is 6.61 Å². The summed E-state index contributed by atoms with van der Waals surface area (Å²) in [4.78, 5) is 0. The van der Waals surface area contributed by atoms with Crippen molar-refractivity contribution >= 4 is 11.6 Å². The summed E-state index contributed by atoms with van der Waals surface area (Å²) >= 11 is 5.98. The lowest BCUT2D eigenvalue weighted by Crippen LogP contribution is -2.35. The Bertz CT molecular complexity index is 382. The number of aliphatic hydroxyl groups excluding tert-OH is 1. The predicted molar refractivity (Wildman–Crippen MR) is 71.4 cm³/mol. The Morgan fingerprint density at radius 2 is 2.06 bits per heavy atom. The van der Waals surface area contributed by atoms with E-state index in [1.54, 1.807) is 0 Å². The smallest absolute Gasteiger partial charge is 0.123 e. The van der Waals surface area contributed by atoms with Crippen LogP contribution in [-0.2, 0) is 11.2 Å². The van der Waals surface area contributed by atoms with E-state index < -0.39 is 6.10 Å². The average molecular weight is 275 g/mol. The molecule has 0 heterocycles. The molecule has 1 aromatic carbocycles. The first kappa shape index (κ1) is 15.4. The van der Waals surface area contributed by atoms with E-state index in [9.17, 15) is 9.50 Å². The second-order valence-corrected chi connectivity index (χ2v) is 5.08. The van der Waals surface area contributed by atoms with E-state index in [4.69, 9.17) is 16.3 Å². The van der Waals surface area contributed by atoms with Crippen LogP contribution in [0.25, 0.3) is 0 Å². The molecular weight excluding hydrogens is 255 g/mol. The molecule has 0 aliphatic heterocycles. The molecule has 0 saturated heterocycles. The summed E-state index contributed by atoms with van der Waals surface area (Å²) in [6, 6.07) is 4.17. The Morgan fingerprint density at radius 3 is 2.61 bits per heavy atom. The zero-order valence-electron chi connectivity index (χ0n) is 11.0. The summed E-state index contributed by atoms with van der Waals surface area (Å²) in [5.74, 6) is -0.161. The van der Waals surface area contributed by atoms with Gasteiger partial charge in [-0.3, -0.25) is 0 Å². The third-order valence-electron chi connectivity index (χ3n) is 2.83. The van der Waals surface area contributed by atoms with Crippen molar-refractivity contribution in [2.24, 2.45) is 5.92 Å². The molecule has 18 heavy (non-hydrogen) atoms. The van der Waals surface area contributed by atoms with Crippen LogP contribution in [0.1, 0.15) is 26.3 Å². The Hall–Kier alpha value is -0.640. The van der Waals surface area contributed by atoms with Crippen LogP contribution >= 0.6 is 11.6 Å². The van der Waals surface area contributed by atoms with Gasteiger partial charge in [0, 0.05) is 18.1 Å². The number of aliphatic hydroxyl groups is 1. The second-order valence-electron chi connectivity index (χ2n) is 4.67. The van der Waals surface area contributed by atoms with Gasteiger partial charge in [-0.2, -0.15) is 0 Å². The number of hydrogen-bond donors (Lipinski definition) is 1. The van der Waals surface area contributed by atoms with Crippen LogP contribution in [0.4, 0.5) is 4.39 Å². The maximum Gasteiger partial charge on any atom is 0.123 e. The van der Waals surface area contributed by atoms with Gasteiger partial charge >= 0.3 is 0 Å². The molecule has 0 saturated carbocycles. The van der Waals surface area contributed by atoms with Crippen LogP contribution in [0.5, 0.6) is 0 Å². The van der Waals surface area contributed by atoms with E-state index in [0.717, 1.165) is 0 Å². The van der Waals surface area contributed by atoms with Crippen LogP contribution < -0.4 is 0 Å². The molecule has 0 spiro atoms. The molecule has 0 fully saturated rings. The first-order valence-corrected chi connectivity index (χ1v) is 6.57.